The van der Waals surface area contributed by atoms with Gasteiger partial charge in [-0.2, -0.15) is 5.26 Å². The zero-order valence-corrected chi connectivity index (χ0v) is 17.2. The lowest BCUT2D eigenvalue weighted by atomic mass is 10.1. The zero-order chi connectivity index (χ0) is 22.3. The first-order chi connectivity index (χ1) is 14.9. The Hall–Kier alpha value is -3.93. The standard InChI is InChI=1S/C23H19N3O4S/c24-15-19(23(27)26-20-10-12-21(13-11-20)31(25,28)29)14-18-8-4-5-9-22(18)30-16-17-6-2-1-3-7-17/h1-14H,16H2,(H,26,27)(H2,25,28,29). The highest BCUT2D eigenvalue weighted by Gasteiger charge is 2.13. The highest BCUT2D eigenvalue weighted by atomic mass is 32.2. The molecule has 0 fully saturated rings. The molecule has 0 saturated heterocycles. The summed E-state index contributed by atoms with van der Waals surface area (Å²) < 4.78 is 28.5. The molecular formula is C23H19N3O4S. The third-order valence-electron chi connectivity index (χ3n) is 4.26. The van der Waals surface area contributed by atoms with Gasteiger partial charge >= 0.3 is 0 Å². The third kappa shape index (κ3) is 6.02. The molecule has 156 valence electrons. The van der Waals surface area contributed by atoms with Crippen LogP contribution in [0.15, 0.2) is 89.3 Å². The molecule has 0 radical (unpaired) electrons. The van der Waals surface area contributed by atoms with Gasteiger partial charge in [0.05, 0.1) is 4.90 Å². The van der Waals surface area contributed by atoms with Crippen LogP contribution in [0.3, 0.4) is 0 Å². The van der Waals surface area contributed by atoms with Crippen molar-refractivity contribution < 1.29 is 17.9 Å². The van der Waals surface area contributed by atoms with Gasteiger partial charge in [0.1, 0.15) is 24.0 Å². The van der Waals surface area contributed by atoms with Crippen molar-refractivity contribution in [2.75, 3.05) is 5.32 Å². The number of nitrogens with zero attached hydrogens (tertiary/aromatic N) is 1. The van der Waals surface area contributed by atoms with Gasteiger partial charge in [-0.1, -0.05) is 48.5 Å². The number of nitrogens with two attached hydrogens (primary N) is 1. The lowest BCUT2D eigenvalue weighted by Gasteiger charge is -2.10. The van der Waals surface area contributed by atoms with Crippen molar-refractivity contribution in [1.29, 1.82) is 5.26 Å². The second kappa shape index (κ2) is 9.71. The number of hydrogen-bond donors (Lipinski definition) is 2. The lowest BCUT2D eigenvalue weighted by molar-refractivity contribution is -0.112. The molecular weight excluding hydrogens is 414 g/mol. The first-order valence-electron chi connectivity index (χ1n) is 9.18. The second-order valence-corrected chi connectivity index (χ2v) is 8.07. The zero-order valence-electron chi connectivity index (χ0n) is 16.4. The van der Waals surface area contributed by atoms with Gasteiger partial charge in [-0.15, -0.1) is 0 Å². The average molecular weight is 433 g/mol. The number of nitriles is 1. The summed E-state index contributed by atoms with van der Waals surface area (Å²) in [5.41, 5.74) is 1.76. The van der Waals surface area contributed by atoms with E-state index in [1.54, 1.807) is 24.3 Å². The smallest absolute Gasteiger partial charge is 0.266 e. The van der Waals surface area contributed by atoms with E-state index in [4.69, 9.17) is 9.88 Å². The largest absolute Gasteiger partial charge is 0.488 e. The number of amides is 1. The van der Waals surface area contributed by atoms with E-state index in [9.17, 15) is 18.5 Å². The number of carbonyl (C=O) groups is 1. The normalized spacial score (nSPS) is 11.4. The maximum Gasteiger partial charge on any atom is 0.266 e. The van der Waals surface area contributed by atoms with E-state index in [-0.39, 0.29) is 10.5 Å². The van der Waals surface area contributed by atoms with Crippen LogP contribution in [-0.2, 0) is 21.4 Å². The van der Waals surface area contributed by atoms with Gasteiger partial charge in [-0.05, 0) is 42.0 Å². The first kappa shape index (κ1) is 21.8. The van der Waals surface area contributed by atoms with E-state index in [0.717, 1.165) is 5.56 Å². The van der Waals surface area contributed by atoms with E-state index >= 15 is 0 Å². The molecule has 1 amide bonds. The topological polar surface area (TPSA) is 122 Å². The number of anilines is 1. The summed E-state index contributed by atoms with van der Waals surface area (Å²) in [6.45, 7) is 0.343. The van der Waals surface area contributed by atoms with Crippen LogP contribution in [0.2, 0.25) is 0 Å². The molecule has 0 aliphatic rings. The Morgan fingerprint density at radius 1 is 1.00 bits per heavy atom. The molecule has 0 saturated carbocycles. The fourth-order valence-electron chi connectivity index (χ4n) is 2.70. The van der Waals surface area contributed by atoms with Gasteiger partial charge in [0.15, 0.2) is 0 Å². The second-order valence-electron chi connectivity index (χ2n) is 6.51. The summed E-state index contributed by atoms with van der Waals surface area (Å²) in [7, 11) is -3.83. The summed E-state index contributed by atoms with van der Waals surface area (Å²) >= 11 is 0. The van der Waals surface area contributed by atoms with Crippen molar-refractivity contribution in [3.63, 3.8) is 0 Å². The lowest BCUT2D eigenvalue weighted by Crippen LogP contribution is -2.14. The summed E-state index contributed by atoms with van der Waals surface area (Å²) in [6.07, 6.45) is 1.44. The number of primary sulfonamides is 1. The SMILES string of the molecule is N#CC(=Cc1ccccc1OCc1ccccc1)C(=O)Nc1ccc(S(N)(=O)=O)cc1. The Balaban J connectivity index is 1.76. The van der Waals surface area contributed by atoms with Crippen molar-refractivity contribution in [1.82, 2.24) is 0 Å². The summed E-state index contributed by atoms with van der Waals surface area (Å²) in [6, 6.07) is 23.9. The van der Waals surface area contributed by atoms with Gasteiger partial charge in [0.25, 0.3) is 5.91 Å². The van der Waals surface area contributed by atoms with Crippen molar-refractivity contribution in [2.45, 2.75) is 11.5 Å². The van der Waals surface area contributed by atoms with Crippen LogP contribution in [0.1, 0.15) is 11.1 Å². The molecule has 3 aromatic rings. The predicted octanol–water partition coefficient (Wildman–Crippen LogP) is 3.46. The highest BCUT2D eigenvalue weighted by molar-refractivity contribution is 7.89. The highest BCUT2D eigenvalue weighted by Crippen LogP contribution is 2.23. The minimum Gasteiger partial charge on any atom is -0.488 e. The number of rotatable bonds is 7. The molecule has 3 N–H and O–H groups in total. The molecule has 31 heavy (non-hydrogen) atoms. The predicted molar refractivity (Wildman–Crippen MR) is 117 cm³/mol. The number of sulfonamides is 1. The van der Waals surface area contributed by atoms with Crippen molar-refractivity contribution >= 4 is 27.7 Å². The van der Waals surface area contributed by atoms with E-state index in [2.05, 4.69) is 5.32 Å². The van der Waals surface area contributed by atoms with E-state index < -0.39 is 15.9 Å². The molecule has 0 aliphatic heterocycles. The fraction of sp³-hybridized carbons (Fsp3) is 0.0435. The fourth-order valence-corrected chi connectivity index (χ4v) is 3.21. The van der Waals surface area contributed by atoms with Crippen LogP contribution in [0.4, 0.5) is 5.69 Å². The molecule has 0 spiro atoms. The maximum absolute atomic E-state index is 12.5. The van der Waals surface area contributed by atoms with Gasteiger partial charge in [-0.3, -0.25) is 4.79 Å². The van der Waals surface area contributed by atoms with E-state index in [1.165, 1.54) is 30.3 Å². The summed E-state index contributed by atoms with van der Waals surface area (Å²) in [5.74, 6) is -0.104. The molecule has 0 unspecified atom stereocenters. The third-order valence-corrected chi connectivity index (χ3v) is 5.19. The Bertz CT molecular complexity index is 1250. The van der Waals surface area contributed by atoms with Crippen LogP contribution in [0.5, 0.6) is 5.75 Å². The number of nitrogens with one attached hydrogen (secondary N) is 1. The molecule has 0 aromatic heterocycles. The Morgan fingerprint density at radius 3 is 2.29 bits per heavy atom. The van der Waals surface area contributed by atoms with Crippen molar-refractivity contribution in [2.24, 2.45) is 5.14 Å². The number of para-hydroxylation sites is 1. The summed E-state index contributed by atoms with van der Waals surface area (Å²) in [5, 5.41) is 17.1. The van der Waals surface area contributed by atoms with E-state index in [0.29, 0.717) is 23.6 Å². The summed E-state index contributed by atoms with van der Waals surface area (Å²) in [4.78, 5) is 12.5. The van der Waals surface area contributed by atoms with Gasteiger partial charge in [0.2, 0.25) is 10.0 Å². The Morgan fingerprint density at radius 2 is 1.65 bits per heavy atom. The molecule has 3 rings (SSSR count). The number of carbonyl (C=O) groups excluding carboxylic acids is 1. The van der Waals surface area contributed by atoms with Crippen molar-refractivity contribution in [3.05, 3.63) is 95.6 Å². The quantitative estimate of drug-likeness (QED) is 0.436. The van der Waals surface area contributed by atoms with Crippen LogP contribution >= 0.6 is 0 Å². The molecule has 0 aliphatic carbocycles. The minimum absolute atomic E-state index is 0.0777. The molecule has 7 nitrogen and oxygen atoms in total. The van der Waals surface area contributed by atoms with Crippen LogP contribution in [0, 0.1) is 11.3 Å². The monoisotopic (exact) mass is 433 g/mol. The molecule has 8 heteroatoms. The molecule has 0 atom stereocenters. The minimum atomic E-state index is -3.83. The number of benzene rings is 3. The molecule has 0 bridgehead atoms. The number of ether oxygens (including phenoxy) is 1. The number of hydrogen-bond acceptors (Lipinski definition) is 5. The molecule has 3 aromatic carbocycles. The van der Waals surface area contributed by atoms with Crippen LogP contribution < -0.4 is 15.2 Å². The first-order valence-corrected chi connectivity index (χ1v) is 10.7. The maximum atomic E-state index is 12.5. The van der Waals surface area contributed by atoms with Crippen molar-refractivity contribution in [3.8, 4) is 11.8 Å². The van der Waals surface area contributed by atoms with Gasteiger partial charge < -0.3 is 10.1 Å². The van der Waals surface area contributed by atoms with E-state index in [1.807, 2.05) is 36.4 Å². The average Bonchev–Trinajstić information content (AvgIpc) is 2.77. The molecule has 0 heterocycles. The van der Waals surface area contributed by atoms with Crippen LogP contribution in [0.25, 0.3) is 6.08 Å². The Kier molecular flexibility index (Phi) is 6.82. The Labute approximate surface area is 180 Å². The van der Waals surface area contributed by atoms with Gasteiger partial charge in [-0.25, -0.2) is 13.6 Å². The van der Waals surface area contributed by atoms with Crippen LogP contribution in [-0.4, -0.2) is 14.3 Å². The van der Waals surface area contributed by atoms with Gasteiger partial charge in [0, 0.05) is 11.3 Å².